The second-order valence-electron chi connectivity index (χ2n) is 2.46. The van der Waals surface area contributed by atoms with Crippen molar-refractivity contribution in [1.29, 1.82) is 0 Å². The predicted octanol–water partition coefficient (Wildman–Crippen LogP) is 1.99. The Balaban J connectivity index is 2.48. The van der Waals surface area contributed by atoms with Crippen molar-refractivity contribution < 1.29 is 0 Å². The summed E-state index contributed by atoms with van der Waals surface area (Å²) in [6, 6.07) is 0. The van der Waals surface area contributed by atoms with E-state index in [1.54, 1.807) is 11.3 Å². The molecule has 11 heavy (non-hydrogen) atoms. The van der Waals surface area contributed by atoms with Crippen LogP contribution in [0.4, 0.5) is 0 Å². The van der Waals surface area contributed by atoms with Crippen LogP contribution in [-0.4, -0.2) is 16.9 Å². The van der Waals surface area contributed by atoms with Gasteiger partial charge in [0.1, 0.15) is 5.37 Å². The van der Waals surface area contributed by atoms with Crippen LogP contribution < -0.4 is 0 Å². The summed E-state index contributed by atoms with van der Waals surface area (Å²) < 4.78 is 0. The summed E-state index contributed by atoms with van der Waals surface area (Å²) in [5.74, 6) is 0. The Bertz CT molecular complexity index is 292. The topological polar surface area (TPSA) is 16.1 Å². The van der Waals surface area contributed by atoms with Crippen LogP contribution in [-0.2, 0) is 0 Å². The number of thiazole rings is 1. The average Bonchev–Trinajstić information content (AvgIpc) is 2.45. The minimum absolute atomic E-state index is 0.183. The maximum absolute atomic E-state index is 4.45. The fourth-order valence-corrected chi connectivity index (χ4v) is 2.24. The van der Waals surface area contributed by atoms with Crippen molar-refractivity contribution in [2.45, 2.75) is 5.37 Å². The summed E-state index contributed by atoms with van der Waals surface area (Å²) in [5.41, 5.74) is 2.92. The number of fused-ring (bicyclic) bond motifs is 1. The van der Waals surface area contributed by atoms with Gasteiger partial charge in [0.2, 0.25) is 0 Å². The summed E-state index contributed by atoms with van der Waals surface area (Å²) in [6.45, 7) is 0. The van der Waals surface area contributed by atoms with Crippen LogP contribution in [0.3, 0.4) is 0 Å². The molecule has 0 aliphatic carbocycles. The molecule has 0 amide bonds. The van der Waals surface area contributed by atoms with E-state index in [1.807, 2.05) is 24.8 Å². The molecule has 2 heterocycles. The molecule has 1 atom stereocenters. The van der Waals surface area contributed by atoms with Gasteiger partial charge in [-0.15, -0.1) is 24.0 Å². The zero-order valence-corrected chi connectivity index (χ0v) is 7.77. The number of nitrogens with zero attached hydrogens (tertiary/aromatic N) is 2. The summed E-state index contributed by atoms with van der Waals surface area (Å²) in [7, 11) is 2.01. The van der Waals surface area contributed by atoms with E-state index in [2.05, 4.69) is 22.5 Å². The summed E-state index contributed by atoms with van der Waals surface area (Å²) in [5, 5.41) is 0.183. The minimum Gasteiger partial charge on any atom is -0.364 e. The van der Waals surface area contributed by atoms with Gasteiger partial charge in [-0.1, -0.05) is 0 Å². The largest absolute Gasteiger partial charge is 0.364 e. The molecule has 0 N–H and O–H groups in total. The number of aromatic nitrogens is 1. The first-order chi connectivity index (χ1) is 5.29. The molecule has 1 aromatic rings. The molecule has 0 saturated heterocycles. The standard InChI is InChI=1S/C7H8N2S2/c1-9-3-2-5-6(7(9)10)11-4-8-5/h2-4,7,10H,1H3. The van der Waals surface area contributed by atoms with Gasteiger partial charge in [0, 0.05) is 13.2 Å². The molecule has 4 heteroatoms. The monoisotopic (exact) mass is 184 g/mol. The first-order valence-electron chi connectivity index (χ1n) is 3.30. The van der Waals surface area contributed by atoms with Crippen LogP contribution >= 0.6 is 24.0 Å². The maximum Gasteiger partial charge on any atom is 0.108 e. The Morgan fingerprint density at radius 2 is 2.55 bits per heavy atom. The van der Waals surface area contributed by atoms with Gasteiger partial charge < -0.3 is 4.90 Å². The van der Waals surface area contributed by atoms with Crippen molar-refractivity contribution in [3.05, 3.63) is 22.3 Å². The van der Waals surface area contributed by atoms with Gasteiger partial charge in [-0.05, 0) is 6.08 Å². The van der Waals surface area contributed by atoms with E-state index in [9.17, 15) is 0 Å². The lowest BCUT2D eigenvalue weighted by atomic mass is 10.3. The predicted molar refractivity (Wildman–Crippen MR) is 50.6 cm³/mol. The van der Waals surface area contributed by atoms with Crippen molar-refractivity contribution in [3.63, 3.8) is 0 Å². The summed E-state index contributed by atoms with van der Waals surface area (Å²) in [6.07, 6.45) is 4.01. The molecule has 0 bridgehead atoms. The Morgan fingerprint density at radius 1 is 1.73 bits per heavy atom. The van der Waals surface area contributed by atoms with Crippen molar-refractivity contribution >= 4 is 30.0 Å². The number of hydrogen-bond acceptors (Lipinski definition) is 4. The van der Waals surface area contributed by atoms with E-state index >= 15 is 0 Å². The zero-order valence-electron chi connectivity index (χ0n) is 6.06. The second-order valence-corrected chi connectivity index (χ2v) is 3.83. The van der Waals surface area contributed by atoms with E-state index in [0.717, 1.165) is 5.69 Å². The first-order valence-corrected chi connectivity index (χ1v) is 4.70. The highest BCUT2D eigenvalue weighted by molar-refractivity contribution is 7.80. The van der Waals surface area contributed by atoms with Crippen LogP contribution in [0.15, 0.2) is 11.7 Å². The van der Waals surface area contributed by atoms with Crippen molar-refractivity contribution in [3.8, 4) is 0 Å². The number of hydrogen-bond donors (Lipinski definition) is 1. The highest BCUT2D eigenvalue weighted by atomic mass is 32.1. The number of thiol groups is 1. The molecule has 0 saturated carbocycles. The second kappa shape index (κ2) is 2.53. The van der Waals surface area contributed by atoms with E-state index < -0.39 is 0 Å². The van der Waals surface area contributed by atoms with E-state index in [-0.39, 0.29) is 5.37 Å². The van der Waals surface area contributed by atoms with Crippen LogP contribution in [0.25, 0.3) is 6.08 Å². The Labute approximate surface area is 75.0 Å². The van der Waals surface area contributed by atoms with E-state index in [4.69, 9.17) is 0 Å². The lowest BCUT2D eigenvalue weighted by Gasteiger charge is -2.24. The van der Waals surface area contributed by atoms with Crippen molar-refractivity contribution in [2.75, 3.05) is 7.05 Å². The smallest absolute Gasteiger partial charge is 0.108 e. The molecule has 1 aliphatic heterocycles. The van der Waals surface area contributed by atoms with Gasteiger partial charge in [-0.2, -0.15) is 0 Å². The number of rotatable bonds is 0. The van der Waals surface area contributed by atoms with Crippen LogP contribution in [0.1, 0.15) is 15.9 Å². The van der Waals surface area contributed by atoms with Gasteiger partial charge >= 0.3 is 0 Å². The molecule has 1 aliphatic rings. The zero-order chi connectivity index (χ0) is 7.84. The van der Waals surface area contributed by atoms with Crippen LogP contribution in [0.2, 0.25) is 0 Å². The van der Waals surface area contributed by atoms with Gasteiger partial charge in [-0.3, -0.25) is 0 Å². The fraction of sp³-hybridized carbons (Fsp3) is 0.286. The maximum atomic E-state index is 4.45. The molecule has 0 radical (unpaired) electrons. The SMILES string of the molecule is CN1C=Cc2ncsc2C1S. The highest BCUT2D eigenvalue weighted by Gasteiger charge is 2.18. The third-order valence-corrected chi connectivity index (χ3v) is 3.41. The molecule has 1 aromatic heterocycles. The molecule has 58 valence electrons. The minimum atomic E-state index is 0.183. The van der Waals surface area contributed by atoms with E-state index in [0.29, 0.717) is 0 Å². The average molecular weight is 184 g/mol. The van der Waals surface area contributed by atoms with Gasteiger partial charge in [0.25, 0.3) is 0 Å². The fourth-order valence-electron chi connectivity index (χ4n) is 1.04. The molecule has 1 unspecified atom stereocenters. The normalized spacial score (nSPS) is 22.0. The Hall–Kier alpha value is -0.480. The van der Waals surface area contributed by atoms with E-state index in [1.165, 1.54) is 4.88 Å². The van der Waals surface area contributed by atoms with Gasteiger partial charge in [-0.25, -0.2) is 4.98 Å². The lowest BCUT2D eigenvalue weighted by molar-refractivity contribution is 0.442. The molecule has 0 spiro atoms. The summed E-state index contributed by atoms with van der Waals surface area (Å²) in [4.78, 5) is 7.49. The molecule has 0 aromatic carbocycles. The van der Waals surface area contributed by atoms with Crippen LogP contribution in [0, 0.1) is 0 Å². The molecule has 2 rings (SSSR count). The van der Waals surface area contributed by atoms with Crippen LogP contribution in [0.5, 0.6) is 0 Å². The molecule has 2 nitrogen and oxygen atoms in total. The molecular formula is C7H8N2S2. The van der Waals surface area contributed by atoms with Gasteiger partial charge in [0.05, 0.1) is 16.1 Å². The Morgan fingerprint density at radius 3 is 3.36 bits per heavy atom. The van der Waals surface area contributed by atoms with Crippen molar-refractivity contribution in [2.24, 2.45) is 0 Å². The third kappa shape index (κ3) is 1.06. The third-order valence-electron chi connectivity index (χ3n) is 1.71. The molecule has 0 fully saturated rings. The van der Waals surface area contributed by atoms with Crippen molar-refractivity contribution in [1.82, 2.24) is 9.88 Å². The quantitative estimate of drug-likeness (QED) is 0.621. The lowest BCUT2D eigenvalue weighted by Crippen LogP contribution is -2.16. The van der Waals surface area contributed by atoms with Gasteiger partial charge in [0.15, 0.2) is 0 Å². The highest BCUT2D eigenvalue weighted by Crippen LogP contribution is 2.33. The Kier molecular flexibility index (Phi) is 1.65. The first kappa shape index (κ1) is 7.18. The molecular weight excluding hydrogens is 176 g/mol. The summed E-state index contributed by atoms with van der Waals surface area (Å²) >= 11 is 6.10.